The Hall–Kier alpha value is -0.0000000000000000555. The molecule has 0 atom stereocenters. The molecule has 1 rings (SSSR count). The van der Waals surface area contributed by atoms with Crippen molar-refractivity contribution in [3.8, 4) is 0 Å². The first kappa shape index (κ1) is 10.1. The van der Waals surface area contributed by atoms with Gasteiger partial charge in [0.25, 0.3) is 5.78 Å². The van der Waals surface area contributed by atoms with Gasteiger partial charge in [-0.1, -0.05) is 0 Å². The Morgan fingerprint density at radius 3 is 2.58 bits per heavy atom. The highest BCUT2D eigenvalue weighted by Gasteiger charge is 2.38. The Bertz CT molecular complexity index is 307. The molecule has 0 saturated heterocycles. The fourth-order valence-electron chi connectivity index (χ4n) is 0.584. The van der Waals surface area contributed by atoms with Crippen LogP contribution in [-0.2, 0) is 0 Å². The molecule has 0 spiro atoms. The van der Waals surface area contributed by atoms with E-state index in [1.165, 1.54) is 11.4 Å². The second-order valence-electron chi connectivity index (χ2n) is 1.92. The Labute approximate surface area is 84.5 Å². The fourth-order valence-corrected chi connectivity index (χ4v) is 2.26. The molecule has 0 bridgehead atoms. The standard InChI is InChI=1S/C6H2BrClF2OS/c7-3-1-2-12-4(3)5(11)6(8,9)10/h1-2H. The van der Waals surface area contributed by atoms with E-state index in [2.05, 4.69) is 27.5 Å². The third-order valence-corrected chi connectivity index (χ3v) is 3.09. The van der Waals surface area contributed by atoms with Crippen molar-refractivity contribution in [1.82, 2.24) is 0 Å². The van der Waals surface area contributed by atoms with Crippen LogP contribution in [0.2, 0.25) is 0 Å². The summed E-state index contributed by atoms with van der Waals surface area (Å²) in [6.07, 6.45) is 0. The van der Waals surface area contributed by atoms with E-state index in [4.69, 9.17) is 0 Å². The van der Waals surface area contributed by atoms with Gasteiger partial charge in [-0.3, -0.25) is 4.79 Å². The Morgan fingerprint density at radius 2 is 2.25 bits per heavy atom. The lowest BCUT2D eigenvalue weighted by Gasteiger charge is -2.03. The maximum Gasteiger partial charge on any atom is 0.385 e. The first-order valence-electron chi connectivity index (χ1n) is 2.77. The minimum atomic E-state index is -3.81. The zero-order chi connectivity index (χ0) is 9.35. The minimum Gasteiger partial charge on any atom is -0.285 e. The maximum atomic E-state index is 12.3. The number of hydrogen-bond donors (Lipinski definition) is 0. The Balaban J connectivity index is 3.01. The highest BCUT2D eigenvalue weighted by molar-refractivity contribution is 9.10. The smallest absolute Gasteiger partial charge is 0.285 e. The molecule has 0 unspecified atom stereocenters. The summed E-state index contributed by atoms with van der Waals surface area (Å²) in [6.45, 7) is 0. The number of carbonyl (C=O) groups is 1. The van der Waals surface area contributed by atoms with Crippen molar-refractivity contribution in [3.05, 3.63) is 20.8 Å². The van der Waals surface area contributed by atoms with Crippen LogP contribution in [0.5, 0.6) is 0 Å². The number of carbonyl (C=O) groups excluding carboxylic acids is 1. The van der Waals surface area contributed by atoms with Crippen LogP contribution >= 0.6 is 38.9 Å². The Kier molecular flexibility index (Phi) is 2.85. The van der Waals surface area contributed by atoms with E-state index in [0.717, 1.165) is 11.3 Å². The molecule has 0 fully saturated rings. The van der Waals surface area contributed by atoms with Crippen molar-refractivity contribution in [2.45, 2.75) is 5.38 Å². The van der Waals surface area contributed by atoms with E-state index in [0.29, 0.717) is 4.47 Å². The topological polar surface area (TPSA) is 17.1 Å². The number of halogens is 4. The summed E-state index contributed by atoms with van der Waals surface area (Å²) < 4.78 is 24.9. The van der Waals surface area contributed by atoms with Gasteiger partial charge in [-0.15, -0.1) is 11.3 Å². The fraction of sp³-hybridized carbons (Fsp3) is 0.167. The van der Waals surface area contributed by atoms with E-state index >= 15 is 0 Å². The summed E-state index contributed by atoms with van der Waals surface area (Å²) in [5.74, 6) is -1.37. The van der Waals surface area contributed by atoms with E-state index in [-0.39, 0.29) is 4.88 Å². The maximum absolute atomic E-state index is 12.3. The molecule has 0 N–H and O–H groups in total. The first-order valence-corrected chi connectivity index (χ1v) is 4.82. The van der Waals surface area contributed by atoms with E-state index in [1.54, 1.807) is 0 Å². The van der Waals surface area contributed by atoms with Gasteiger partial charge < -0.3 is 0 Å². The third kappa shape index (κ3) is 2.02. The van der Waals surface area contributed by atoms with Gasteiger partial charge in [0, 0.05) is 4.47 Å². The first-order chi connectivity index (χ1) is 5.43. The molecular weight excluding hydrogens is 273 g/mol. The summed E-state index contributed by atoms with van der Waals surface area (Å²) in [5, 5.41) is -2.28. The van der Waals surface area contributed by atoms with Gasteiger partial charge in [0.15, 0.2) is 0 Å². The summed E-state index contributed by atoms with van der Waals surface area (Å²) in [4.78, 5) is 10.8. The molecular formula is C6H2BrClF2OS. The normalized spacial score (nSPS) is 11.7. The summed E-state index contributed by atoms with van der Waals surface area (Å²) in [7, 11) is 0. The molecule has 1 aromatic rings. The average molecular weight is 276 g/mol. The van der Waals surface area contributed by atoms with Crippen molar-refractivity contribution in [1.29, 1.82) is 0 Å². The van der Waals surface area contributed by atoms with Gasteiger partial charge in [-0.25, -0.2) is 0 Å². The largest absolute Gasteiger partial charge is 0.385 e. The minimum absolute atomic E-state index is 0.0602. The lowest BCUT2D eigenvalue weighted by molar-refractivity contribution is 0.0540. The van der Waals surface area contributed by atoms with Gasteiger partial charge >= 0.3 is 5.38 Å². The highest BCUT2D eigenvalue weighted by Crippen LogP contribution is 2.31. The van der Waals surface area contributed by atoms with Crippen LogP contribution in [0, 0.1) is 0 Å². The van der Waals surface area contributed by atoms with Gasteiger partial charge in [-0.05, 0) is 39.0 Å². The van der Waals surface area contributed by atoms with Crippen LogP contribution in [0.3, 0.4) is 0 Å². The van der Waals surface area contributed by atoms with Crippen molar-refractivity contribution in [2.75, 3.05) is 0 Å². The summed E-state index contributed by atoms with van der Waals surface area (Å²) in [6, 6.07) is 1.51. The van der Waals surface area contributed by atoms with Crippen LogP contribution in [0.15, 0.2) is 15.9 Å². The molecule has 1 nitrogen and oxygen atoms in total. The van der Waals surface area contributed by atoms with E-state index < -0.39 is 11.2 Å². The highest BCUT2D eigenvalue weighted by atomic mass is 79.9. The molecule has 0 amide bonds. The van der Waals surface area contributed by atoms with Crippen LogP contribution in [-0.4, -0.2) is 11.2 Å². The lowest BCUT2D eigenvalue weighted by Crippen LogP contribution is -2.20. The van der Waals surface area contributed by atoms with Gasteiger partial charge in [0.1, 0.15) is 0 Å². The molecule has 0 saturated carbocycles. The molecule has 1 heterocycles. The molecule has 12 heavy (non-hydrogen) atoms. The molecule has 0 aliphatic rings. The van der Waals surface area contributed by atoms with Crippen LogP contribution in [0.25, 0.3) is 0 Å². The number of rotatable bonds is 2. The number of alkyl halides is 3. The number of hydrogen-bond acceptors (Lipinski definition) is 2. The molecule has 66 valence electrons. The van der Waals surface area contributed by atoms with Crippen LogP contribution < -0.4 is 0 Å². The summed E-state index contributed by atoms with van der Waals surface area (Å²) >= 11 is 8.43. The molecule has 1 aromatic heterocycles. The molecule has 6 heteroatoms. The molecule has 0 aromatic carbocycles. The van der Waals surface area contributed by atoms with Gasteiger partial charge in [0.2, 0.25) is 0 Å². The summed E-state index contributed by atoms with van der Waals surface area (Å²) in [5.41, 5.74) is 0. The second kappa shape index (κ2) is 3.40. The quantitative estimate of drug-likeness (QED) is 0.596. The molecule has 0 aliphatic heterocycles. The number of ketones is 1. The van der Waals surface area contributed by atoms with Crippen molar-refractivity contribution in [3.63, 3.8) is 0 Å². The average Bonchev–Trinajstić information content (AvgIpc) is 2.31. The van der Waals surface area contributed by atoms with Crippen molar-refractivity contribution < 1.29 is 13.6 Å². The zero-order valence-corrected chi connectivity index (χ0v) is 8.64. The number of thiophene rings is 1. The van der Waals surface area contributed by atoms with Crippen LogP contribution in [0.1, 0.15) is 9.67 Å². The van der Waals surface area contributed by atoms with E-state index in [9.17, 15) is 13.6 Å². The predicted molar refractivity (Wildman–Crippen MR) is 47.1 cm³/mol. The molecule has 0 aliphatic carbocycles. The lowest BCUT2D eigenvalue weighted by atomic mass is 10.3. The van der Waals surface area contributed by atoms with Gasteiger partial charge in [-0.2, -0.15) is 8.78 Å². The molecule has 0 radical (unpaired) electrons. The van der Waals surface area contributed by atoms with Crippen molar-refractivity contribution in [2.24, 2.45) is 0 Å². The second-order valence-corrected chi connectivity index (χ2v) is 4.17. The Morgan fingerprint density at radius 1 is 1.67 bits per heavy atom. The van der Waals surface area contributed by atoms with Crippen molar-refractivity contribution >= 4 is 44.7 Å². The monoisotopic (exact) mass is 274 g/mol. The third-order valence-electron chi connectivity index (χ3n) is 1.08. The van der Waals surface area contributed by atoms with Gasteiger partial charge in [0.05, 0.1) is 4.88 Å². The van der Waals surface area contributed by atoms with Crippen LogP contribution in [0.4, 0.5) is 8.78 Å². The zero-order valence-electron chi connectivity index (χ0n) is 5.48. The SMILES string of the molecule is O=C(c1sccc1Br)C(F)(F)Cl. The van der Waals surface area contributed by atoms with E-state index in [1.807, 2.05) is 0 Å². The predicted octanol–water partition coefficient (Wildman–Crippen LogP) is 3.52. The number of Topliss-reactive ketones (excluding diaryl/α,β-unsaturated/α-hetero) is 1.